The van der Waals surface area contributed by atoms with E-state index >= 15 is 0 Å². The average Bonchev–Trinajstić information content (AvgIpc) is 2.93. The molecule has 0 saturated carbocycles. The Morgan fingerprint density at radius 1 is 0.892 bits per heavy atom. The first-order valence-corrected chi connectivity index (χ1v) is 11.2. The SMILES string of the molecule is COc1cc(C=C(C(=O)NCc2ccc(/C=C/C(=O)NO)cc2)c2ccc(F)cc2)cc(OC)c1OC. The van der Waals surface area contributed by atoms with E-state index in [-0.39, 0.29) is 12.5 Å². The van der Waals surface area contributed by atoms with E-state index in [1.165, 1.54) is 57.2 Å². The highest BCUT2D eigenvalue weighted by Gasteiger charge is 2.16. The molecule has 3 rings (SSSR count). The van der Waals surface area contributed by atoms with Gasteiger partial charge >= 0.3 is 0 Å². The van der Waals surface area contributed by atoms with Gasteiger partial charge in [0.05, 0.1) is 21.3 Å². The zero-order chi connectivity index (χ0) is 26.8. The molecule has 8 nitrogen and oxygen atoms in total. The Morgan fingerprint density at radius 3 is 2.05 bits per heavy atom. The largest absolute Gasteiger partial charge is 0.493 e. The molecular formula is C28H27FN2O6. The molecule has 192 valence electrons. The van der Waals surface area contributed by atoms with Gasteiger partial charge in [-0.3, -0.25) is 14.8 Å². The molecule has 3 aromatic rings. The van der Waals surface area contributed by atoms with Gasteiger partial charge < -0.3 is 19.5 Å². The number of hydrogen-bond donors (Lipinski definition) is 3. The second-order valence-corrected chi connectivity index (χ2v) is 7.76. The number of ether oxygens (including phenoxy) is 3. The van der Waals surface area contributed by atoms with Crippen LogP contribution in [-0.2, 0) is 16.1 Å². The number of hydroxylamine groups is 1. The van der Waals surface area contributed by atoms with Gasteiger partial charge in [-0.1, -0.05) is 36.4 Å². The van der Waals surface area contributed by atoms with Gasteiger partial charge in [-0.25, -0.2) is 9.87 Å². The van der Waals surface area contributed by atoms with Crippen LogP contribution in [0.1, 0.15) is 22.3 Å². The molecule has 3 N–H and O–H groups in total. The summed E-state index contributed by atoms with van der Waals surface area (Å²) in [5.74, 6) is -0.144. The van der Waals surface area contributed by atoms with Gasteiger partial charge in [0.1, 0.15) is 5.82 Å². The van der Waals surface area contributed by atoms with Crippen LogP contribution in [0, 0.1) is 5.82 Å². The number of hydrogen-bond acceptors (Lipinski definition) is 6. The van der Waals surface area contributed by atoms with Gasteiger partial charge in [0.25, 0.3) is 11.8 Å². The van der Waals surface area contributed by atoms with Gasteiger partial charge in [-0.05, 0) is 58.7 Å². The van der Waals surface area contributed by atoms with E-state index in [2.05, 4.69) is 5.32 Å². The van der Waals surface area contributed by atoms with E-state index in [9.17, 15) is 14.0 Å². The lowest BCUT2D eigenvalue weighted by Gasteiger charge is -2.14. The number of halogens is 1. The summed E-state index contributed by atoms with van der Waals surface area (Å²) in [4.78, 5) is 24.4. The van der Waals surface area contributed by atoms with Crippen LogP contribution in [-0.4, -0.2) is 38.4 Å². The molecule has 0 heterocycles. The Kier molecular flexibility index (Phi) is 9.40. The fraction of sp³-hybridized carbons (Fsp3) is 0.143. The molecule has 0 aliphatic heterocycles. The molecule has 0 aliphatic rings. The molecule has 0 aromatic heterocycles. The number of nitrogens with one attached hydrogen (secondary N) is 2. The van der Waals surface area contributed by atoms with Gasteiger partial charge in [0, 0.05) is 18.2 Å². The smallest absolute Gasteiger partial charge is 0.267 e. The van der Waals surface area contributed by atoms with E-state index in [0.29, 0.717) is 33.9 Å². The maximum Gasteiger partial charge on any atom is 0.267 e. The van der Waals surface area contributed by atoms with E-state index in [0.717, 1.165) is 11.1 Å². The third-order valence-corrected chi connectivity index (χ3v) is 5.37. The van der Waals surface area contributed by atoms with Gasteiger partial charge in [-0.2, -0.15) is 0 Å². The lowest BCUT2D eigenvalue weighted by atomic mass is 10.0. The van der Waals surface area contributed by atoms with Crippen molar-refractivity contribution in [2.24, 2.45) is 0 Å². The Morgan fingerprint density at radius 2 is 1.51 bits per heavy atom. The number of rotatable bonds is 10. The van der Waals surface area contributed by atoms with E-state index in [4.69, 9.17) is 19.4 Å². The summed E-state index contributed by atoms with van der Waals surface area (Å²) in [6, 6.07) is 16.2. The molecule has 0 spiro atoms. The first-order valence-electron chi connectivity index (χ1n) is 11.2. The first-order chi connectivity index (χ1) is 17.9. The van der Waals surface area contributed by atoms with Gasteiger partial charge in [0.15, 0.2) is 11.5 Å². The third kappa shape index (κ3) is 7.18. The average molecular weight is 507 g/mol. The molecule has 0 aliphatic carbocycles. The topological polar surface area (TPSA) is 106 Å². The molecule has 0 atom stereocenters. The van der Waals surface area contributed by atoms with Crippen molar-refractivity contribution in [3.05, 3.63) is 94.8 Å². The van der Waals surface area contributed by atoms with Crippen molar-refractivity contribution in [3.8, 4) is 17.2 Å². The van der Waals surface area contributed by atoms with E-state index < -0.39 is 11.7 Å². The minimum atomic E-state index is -0.636. The van der Waals surface area contributed by atoms with Crippen LogP contribution in [0.15, 0.2) is 66.7 Å². The number of methoxy groups -OCH3 is 3. The minimum absolute atomic E-state index is 0.230. The van der Waals surface area contributed by atoms with Gasteiger partial charge in [0.2, 0.25) is 5.75 Å². The second-order valence-electron chi connectivity index (χ2n) is 7.76. The summed E-state index contributed by atoms with van der Waals surface area (Å²) in [5, 5.41) is 11.4. The summed E-state index contributed by atoms with van der Waals surface area (Å²) in [6.07, 6.45) is 4.40. The highest BCUT2D eigenvalue weighted by atomic mass is 19.1. The van der Waals surface area contributed by atoms with Crippen molar-refractivity contribution >= 4 is 29.5 Å². The summed E-state index contributed by atoms with van der Waals surface area (Å²) in [7, 11) is 4.50. The van der Waals surface area contributed by atoms with Crippen molar-refractivity contribution in [1.82, 2.24) is 10.8 Å². The van der Waals surface area contributed by atoms with Crippen molar-refractivity contribution in [2.45, 2.75) is 6.54 Å². The zero-order valence-corrected chi connectivity index (χ0v) is 20.6. The van der Waals surface area contributed by atoms with Crippen molar-refractivity contribution in [3.63, 3.8) is 0 Å². The molecule has 0 unspecified atom stereocenters. The second kappa shape index (κ2) is 12.9. The van der Waals surface area contributed by atoms with Crippen LogP contribution in [0.4, 0.5) is 4.39 Å². The molecular weight excluding hydrogens is 479 g/mol. The van der Waals surface area contributed by atoms with Crippen LogP contribution in [0.3, 0.4) is 0 Å². The molecule has 0 fully saturated rings. The van der Waals surface area contributed by atoms with Crippen LogP contribution >= 0.6 is 0 Å². The molecule has 0 bridgehead atoms. The van der Waals surface area contributed by atoms with E-state index in [1.54, 1.807) is 48.6 Å². The maximum atomic E-state index is 13.6. The van der Waals surface area contributed by atoms with Crippen molar-refractivity contribution in [2.75, 3.05) is 21.3 Å². The number of benzene rings is 3. The third-order valence-electron chi connectivity index (χ3n) is 5.37. The fourth-order valence-electron chi connectivity index (χ4n) is 3.49. The van der Waals surface area contributed by atoms with Crippen LogP contribution in [0.25, 0.3) is 17.7 Å². The first kappa shape index (κ1) is 27.0. The lowest BCUT2D eigenvalue weighted by molar-refractivity contribution is -0.124. The van der Waals surface area contributed by atoms with Crippen LogP contribution in [0.5, 0.6) is 17.2 Å². The van der Waals surface area contributed by atoms with Crippen LogP contribution < -0.4 is 25.0 Å². The number of amides is 2. The van der Waals surface area contributed by atoms with Crippen LogP contribution in [0.2, 0.25) is 0 Å². The quantitative estimate of drug-likeness (QED) is 0.165. The Hall–Kier alpha value is -4.63. The summed E-state index contributed by atoms with van der Waals surface area (Å²) in [5.41, 5.74) is 4.54. The summed E-state index contributed by atoms with van der Waals surface area (Å²) < 4.78 is 29.8. The molecule has 37 heavy (non-hydrogen) atoms. The lowest BCUT2D eigenvalue weighted by Crippen LogP contribution is -2.23. The Bertz CT molecular complexity index is 1280. The number of carbonyl (C=O) groups is 2. The predicted molar refractivity (Wildman–Crippen MR) is 138 cm³/mol. The Balaban J connectivity index is 1.88. The van der Waals surface area contributed by atoms with Crippen molar-refractivity contribution in [1.29, 1.82) is 0 Å². The van der Waals surface area contributed by atoms with E-state index in [1.807, 2.05) is 0 Å². The highest BCUT2D eigenvalue weighted by Crippen LogP contribution is 2.39. The fourth-order valence-corrected chi connectivity index (χ4v) is 3.49. The van der Waals surface area contributed by atoms with Gasteiger partial charge in [-0.15, -0.1) is 0 Å². The minimum Gasteiger partial charge on any atom is -0.493 e. The predicted octanol–water partition coefficient (Wildman–Crippen LogP) is 4.23. The molecule has 0 radical (unpaired) electrons. The summed E-state index contributed by atoms with van der Waals surface area (Å²) >= 11 is 0. The molecule has 2 amide bonds. The monoisotopic (exact) mass is 506 g/mol. The van der Waals surface area contributed by atoms with Crippen molar-refractivity contribution < 1.29 is 33.4 Å². The molecule has 0 saturated heterocycles. The Labute approximate surface area is 213 Å². The normalized spacial score (nSPS) is 11.2. The highest BCUT2D eigenvalue weighted by molar-refractivity contribution is 6.24. The molecule has 3 aromatic carbocycles. The molecule has 9 heteroatoms. The standard InChI is InChI=1S/C28H27FN2O6/c1-35-24-15-20(16-25(36-2)27(24)37-3)14-23(21-9-11-22(29)12-10-21)28(33)30-17-19-6-4-18(5-7-19)8-13-26(32)31-34/h4-16,34H,17H2,1-3H3,(H,30,33)(H,31,32)/b13-8+,23-14?. The number of carbonyl (C=O) groups excluding carboxylic acids is 2. The summed E-state index contributed by atoms with van der Waals surface area (Å²) in [6.45, 7) is 0.230. The maximum absolute atomic E-state index is 13.6. The zero-order valence-electron chi connectivity index (χ0n) is 20.6.